The Balaban J connectivity index is 0.000000181. The van der Waals surface area contributed by atoms with Crippen LogP contribution in [0, 0.1) is 0 Å². The third-order valence-electron chi connectivity index (χ3n) is 3.56. The summed E-state index contributed by atoms with van der Waals surface area (Å²) in [6.07, 6.45) is 2.38. The highest BCUT2D eigenvalue weighted by Crippen LogP contribution is 2.14. The molecule has 0 aliphatic rings. The smallest absolute Gasteiger partial charge is 0.115 e. The quantitative estimate of drug-likeness (QED) is 0.381. The largest absolute Gasteiger partial charge is 0.508 e. The molecular weight excluding hydrogens is 308 g/mol. The minimum Gasteiger partial charge on any atom is -0.508 e. The number of anilines is 3. The van der Waals surface area contributed by atoms with Gasteiger partial charge in [0.15, 0.2) is 0 Å². The lowest BCUT2D eigenvalue weighted by Crippen LogP contribution is -1.99. The minimum atomic E-state index is 0.316. The molecule has 0 aliphatic heterocycles. The summed E-state index contributed by atoms with van der Waals surface area (Å²) in [6.45, 7) is 3.17. The van der Waals surface area contributed by atoms with Crippen LogP contribution in [0.1, 0.15) is 19.8 Å². The fourth-order valence-electron chi connectivity index (χ4n) is 2.20. The fraction of sp³-hybridized carbons (Fsp3) is 0.182. The van der Waals surface area contributed by atoms with E-state index in [1.54, 1.807) is 12.1 Å². The molecule has 0 aromatic heterocycles. The standard InChI is InChI=1S/C12H11N.C10H15NO/c1-3-7-11(8-4-1)13-12-9-5-2-6-10-12;1-2-3-8-11-9-4-6-10(12)7-5-9/h1-10,13H;4-7,11-12H,2-3,8H2,1H3. The van der Waals surface area contributed by atoms with Gasteiger partial charge in [0.1, 0.15) is 5.75 Å². The molecule has 0 bridgehead atoms. The van der Waals surface area contributed by atoms with Crippen LogP contribution < -0.4 is 10.6 Å². The molecule has 0 radical (unpaired) electrons. The third kappa shape index (κ3) is 7.44. The van der Waals surface area contributed by atoms with Gasteiger partial charge >= 0.3 is 0 Å². The normalized spacial score (nSPS) is 9.64. The van der Waals surface area contributed by atoms with Crippen molar-refractivity contribution in [2.45, 2.75) is 19.8 Å². The van der Waals surface area contributed by atoms with E-state index in [0.717, 1.165) is 23.6 Å². The van der Waals surface area contributed by atoms with Crippen molar-refractivity contribution in [3.05, 3.63) is 84.9 Å². The van der Waals surface area contributed by atoms with Crippen molar-refractivity contribution in [3.63, 3.8) is 0 Å². The molecule has 0 fully saturated rings. The van der Waals surface area contributed by atoms with E-state index in [1.807, 2.05) is 72.8 Å². The lowest BCUT2D eigenvalue weighted by Gasteiger charge is -2.04. The Labute approximate surface area is 150 Å². The molecule has 0 saturated heterocycles. The number of benzene rings is 3. The highest BCUT2D eigenvalue weighted by atomic mass is 16.3. The lowest BCUT2D eigenvalue weighted by atomic mass is 10.3. The molecule has 3 heteroatoms. The maximum Gasteiger partial charge on any atom is 0.115 e. The average Bonchev–Trinajstić information content (AvgIpc) is 2.66. The Morgan fingerprint density at radius 2 is 1.20 bits per heavy atom. The molecule has 0 saturated carbocycles. The van der Waals surface area contributed by atoms with Crippen LogP contribution in [0.25, 0.3) is 0 Å². The number of phenolic OH excluding ortho intramolecular Hbond substituents is 1. The second kappa shape index (κ2) is 10.8. The first-order valence-corrected chi connectivity index (χ1v) is 8.68. The maximum atomic E-state index is 9.00. The van der Waals surface area contributed by atoms with Crippen molar-refractivity contribution in [1.29, 1.82) is 0 Å². The molecular formula is C22H26N2O. The number of rotatable bonds is 6. The number of phenols is 1. The zero-order chi connectivity index (χ0) is 17.7. The van der Waals surface area contributed by atoms with Crippen LogP contribution in [0.3, 0.4) is 0 Å². The zero-order valence-electron chi connectivity index (χ0n) is 14.7. The van der Waals surface area contributed by atoms with E-state index in [-0.39, 0.29) is 0 Å². The number of para-hydroxylation sites is 2. The number of hydrogen-bond donors (Lipinski definition) is 3. The highest BCUT2D eigenvalue weighted by Gasteiger charge is 1.91. The van der Waals surface area contributed by atoms with Gasteiger partial charge in [-0.05, 0) is 55.0 Å². The maximum absolute atomic E-state index is 9.00. The van der Waals surface area contributed by atoms with Gasteiger partial charge in [-0.3, -0.25) is 0 Å². The van der Waals surface area contributed by atoms with Gasteiger partial charge in [-0.15, -0.1) is 0 Å². The second-order valence-corrected chi connectivity index (χ2v) is 5.68. The number of nitrogens with one attached hydrogen (secondary N) is 2. The zero-order valence-corrected chi connectivity index (χ0v) is 14.7. The van der Waals surface area contributed by atoms with Crippen molar-refractivity contribution < 1.29 is 5.11 Å². The summed E-state index contributed by atoms with van der Waals surface area (Å²) < 4.78 is 0. The molecule has 3 rings (SSSR count). The summed E-state index contributed by atoms with van der Waals surface area (Å²) >= 11 is 0. The molecule has 3 aromatic rings. The molecule has 25 heavy (non-hydrogen) atoms. The van der Waals surface area contributed by atoms with Crippen molar-refractivity contribution in [3.8, 4) is 5.75 Å². The van der Waals surface area contributed by atoms with Crippen LogP contribution in [0.2, 0.25) is 0 Å². The average molecular weight is 334 g/mol. The molecule has 0 amide bonds. The summed E-state index contributed by atoms with van der Waals surface area (Å²) in [7, 11) is 0. The molecule has 0 aliphatic carbocycles. The summed E-state index contributed by atoms with van der Waals surface area (Å²) in [5.74, 6) is 0.316. The first-order chi connectivity index (χ1) is 12.3. The molecule has 0 heterocycles. The van der Waals surface area contributed by atoms with Gasteiger partial charge in [-0.2, -0.15) is 0 Å². The van der Waals surface area contributed by atoms with Crippen molar-refractivity contribution >= 4 is 17.1 Å². The van der Waals surface area contributed by atoms with Crippen molar-refractivity contribution in [2.75, 3.05) is 17.2 Å². The predicted octanol–water partition coefficient (Wildman–Crippen LogP) is 6.03. The van der Waals surface area contributed by atoms with E-state index in [0.29, 0.717) is 5.75 Å². The van der Waals surface area contributed by atoms with E-state index in [9.17, 15) is 0 Å². The van der Waals surface area contributed by atoms with Crippen LogP contribution >= 0.6 is 0 Å². The summed E-state index contributed by atoms with van der Waals surface area (Å²) in [5.41, 5.74) is 3.31. The second-order valence-electron chi connectivity index (χ2n) is 5.68. The van der Waals surface area contributed by atoms with Gasteiger partial charge in [0.25, 0.3) is 0 Å². The Hall–Kier alpha value is -2.94. The summed E-state index contributed by atoms with van der Waals surface area (Å²) in [4.78, 5) is 0. The lowest BCUT2D eigenvalue weighted by molar-refractivity contribution is 0.475. The highest BCUT2D eigenvalue weighted by molar-refractivity contribution is 5.58. The van der Waals surface area contributed by atoms with Crippen molar-refractivity contribution in [2.24, 2.45) is 0 Å². The van der Waals surface area contributed by atoms with Crippen LogP contribution in [-0.4, -0.2) is 11.7 Å². The molecule has 0 unspecified atom stereocenters. The van der Waals surface area contributed by atoms with Gasteiger partial charge < -0.3 is 15.7 Å². The molecule has 0 atom stereocenters. The molecule has 0 spiro atoms. The fourth-order valence-corrected chi connectivity index (χ4v) is 2.20. The van der Waals surface area contributed by atoms with E-state index < -0.39 is 0 Å². The first kappa shape index (κ1) is 18.4. The first-order valence-electron chi connectivity index (χ1n) is 8.68. The Morgan fingerprint density at radius 1 is 0.680 bits per heavy atom. The van der Waals surface area contributed by atoms with Gasteiger partial charge in [-0.1, -0.05) is 49.7 Å². The monoisotopic (exact) mass is 334 g/mol. The van der Waals surface area contributed by atoms with E-state index in [4.69, 9.17) is 5.11 Å². The van der Waals surface area contributed by atoms with Gasteiger partial charge in [0, 0.05) is 23.6 Å². The van der Waals surface area contributed by atoms with Crippen LogP contribution in [0.15, 0.2) is 84.9 Å². The third-order valence-corrected chi connectivity index (χ3v) is 3.56. The Morgan fingerprint density at radius 3 is 1.68 bits per heavy atom. The van der Waals surface area contributed by atoms with E-state index in [2.05, 4.69) is 17.6 Å². The predicted molar refractivity (Wildman–Crippen MR) is 108 cm³/mol. The minimum absolute atomic E-state index is 0.316. The Bertz CT molecular complexity index is 660. The van der Waals surface area contributed by atoms with E-state index >= 15 is 0 Å². The molecule has 3 aromatic carbocycles. The number of unbranched alkanes of at least 4 members (excludes halogenated alkanes) is 1. The molecule has 3 nitrogen and oxygen atoms in total. The number of hydrogen-bond acceptors (Lipinski definition) is 3. The van der Waals surface area contributed by atoms with Gasteiger partial charge in [-0.25, -0.2) is 0 Å². The van der Waals surface area contributed by atoms with E-state index in [1.165, 1.54) is 12.8 Å². The molecule has 3 N–H and O–H groups in total. The van der Waals surface area contributed by atoms with Crippen LogP contribution in [-0.2, 0) is 0 Å². The van der Waals surface area contributed by atoms with Crippen LogP contribution in [0.5, 0.6) is 5.75 Å². The SMILES string of the molecule is CCCCNc1ccc(O)cc1.c1ccc(Nc2ccccc2)cc1. The Kier molecular flexibility index (Phi) is 7.92. The van der Waals surface area contributed by atoms with Crippen LogP contribution in [0.4, 0.5) is 17.1 Å². The topological polar surface area (TPSA) is 44.3 Å². The van der Waals surface area contributed by atoms with Crippen molar-refractivity contribution in [1.82, 2.24) is 0 Å². The summed E-state index contributed by atoms with van der Waals surface area (Å²) in [5, 5.41) is 15.6. The summed E-state index contributed by atoms with van der Waals surface area (Å²) in [6, 6.07) is 27.4. The van der Waals surface area contributed by atoms with Gasteiger partial charge in [0.05, 0.1) is 0 Å². The molecule has 130 valence electrons. The number of aromatic hydroxyl groups is 1. The van der Waals surface area contributed by atoms with Gasteiger partial charge in [0.2, 0.25) is 0 Å².